The SMILES string of the molecule is C=Cc1ccc(CN=C(C)c2ccccc2)cc1. The maximum absolute atomic E-state index is 4.61. The van der Waals surface area contributed by atoms with E-state index in [-0.39, 0.29) is 0 Å². The zero-order chi connectivity index (χ0) is 12.8. The van der Waals surface area contributed by atoms with Gasteiger partial charge in [-0.15, -0.1) is 0 Å². The molecule has 0 N–H and O–H groups in total. The van der Waals surface area contributed by atoms with Crippen molar-refractivity contribution < 1.29 is 0 Å². The summed E-state index contributed by atoms with van der Waals surface area (Å²) in [5, 5.41) is 0. The highest BCUT2D eigenvalue weighted by Crippen LogP contribution is 2.08. The molecule has 2 aromatic carbocycles. The molecule has 0 aliphatic heterocycles. The van der Waals surface area contributed by atoms with Gasteiger partial charge in [-0.05, 0) is 23.6 Å². The molecule has 0 spiro atoms. The Bertz CT molecular complexity index is 536. The zero-order valence-electron chi connectivity index (χ0n) is 10.6. The van der Waals surface area contributed by atoms with Crippen LogP contribution < -0.4 is 0 Å². The van der Waals surface area contributed by atoms with E-state index in [1.807, 2.05) is 31.2 Å². The molecule has 0 amide bonds. The van der Waals surface area contributed by atoms with Gasteiger partial charge in [0.05, 0.1) is 6.54 Å². The van der Waals surface area contributed by atoms with Crippen molar-refractivity contribution in [2.45, 2.75) is 13.5 Å². The average Bonchev–Trinajstić information content (AvgIpc) is 2.46. The van der Waals surface area contributed by atoms with Gasteiger partial charge in [-0.1, -0.05) is 67.3 Å². The van der Waals surface area contributed by atoms with E-state index in [1.165, 1.54) is 11.1 Å². The molecule has 0 aliphatic rings. The van der Waals surface area contributed by atoms with Crippen LogP contribution in [-0.2, 0) is 6.54 Å². The van der Waals surface area contributed by atoms with Gasteiger partial charge in [-0.2, -0.15) is 0 Å². The lowest BCUT2D eigenvalue weighted by atomic mass is 10.1. The second-order valence-electron chi connectivity index (χ2n) is 4.21. The van der Waals surface area contributed by atoms with E-state index in [0.717, 1.165) is 17.8 Å². The second kappa shape index (κ2) is 5.97. The van der Waals surface area contributed by atoms with Gasteiger partial charge in [-0.25, -0.2) is 0 Å². The van der Waals surface area contributed by atoms with E-state index in [4.69, 9.17) is 0 Å². The maximum atomic E-state index is 4.61. The van der Waals surface area contributed by atoms with Crippen molar-refractivity contribution in [1.29, 1.82) is 0 Å². The average molecular weight is 235 g/mol. The first-order chi connectivity index (χ1) is 8.79. The topological polar surface area (TPSA) is 12.4 Å². The summed E-state index contributed by atoms with van der Waals surface area (Å²) in [5.41, 5.74) is 4.61. The van der Waals surface area contributed by atoms with Gasteiger partial charge >= 0.3 is 0 Å². The molecule has 0 saturated heterocycles. The number of aliphatic imine (C=N–C) groups is 1. The van der Waals surface area contributed by atoms with Gasteiger partial charge in [0, 0.05) is 5.71 Å². The Morgan fingerprint density at radius 2 is 1.72 bits per heavy atom. The summed E-state index contributed by atoms with van der Waals surface area (Å²) >= 11 is 0. The van der Waals surface area contributed by atoms with Gasteiger partial charge in [-0.3, -0.25) is 4.99 Å². The molecule has 2 rings (SSSR count). The van der Waals surface area contributed by atoms with Crippen LogP contribution in [0, 0.1) is 0 Å². The first-order valence-corrected chi connectivity index (χ1v) is 6.07. The summed E-state index contributed by atoms with van der Waals surface area (Å²) < 4.78 is 0. The number of nitrogens with zero attached hydrogens (tertiary/aromatic N) is 1. The molecule has 2 aromatic rings. The molecule has 0 heterocycles. The highest BCUT2D eigenvalue weighted by Gasteiger charge is 1.96. The fourth-order valence-corrected chi connectivity index (χ4v) is 1.74. The van der Waals surface area contributed by atoms with Crippen LogP contribution in [-0.4, -0.2) is 5.71 Å². The molecule has 1 nitrogen and oxygen atoms in total. The van der Waals surface area contributed by atoms with Crippen molar-refractivity contribution in [2.75, 3.05) is 0 Å². The van der Waals surface area contributed by atoms with E-state index >= 15 is 0 Å². The first-order valence-electron chi connectivity index (χ1n) is 6.07. The maximum Gasteiger partial charge on any atom is 0.0643 e. The second-order valence-corrected chi connectivity index (χ2v) is 4.21. The number of hydrogen-bond acceptors (Lipinski definition) is 1. The normalized spacial score (nSPS) is 11.3. The number of rotatable bonds is 4. The van der Waals surface area contributed by atoms with Crippen molar-refractivity contribution >= 4 is 11.8 Å². The lowest BCUT2D eigenvalue weighted by molar-refractivity contribution is 1.06. The third kappa shape index (κ3) is 3.17. The predicted molar refractivity (Wildman–Crippen MR) is 78.9 cm³/mol. The fraction of sp³-hybridized carbons (Fsp3) is 0.118. The van der Waals surface area contributed by atoms with Gasteiger partial charge in [0.2, 0.25) is 0 Å². The number of benzene rings is 2. The van der Waals surface area contributed by atoms with Crippen LogP contribution in [0.2, 0.25) is 0 Å². The summed E-state index contributed by atoms with van der Waals surface area (Å²) in [4.78, 5) is 4.61. The lowest BCUT2D eigenvalue weighted by Crippen LogP contribution is -1.95. The number of hydrogen-bond donors (Lipinski definition) is 0. The van der Waals surface area contributed by atoms with E-state index in [0.29, 0.717) is 0 Å². The monoisotopic (exact) mass is 235 g/mol. The molecule has 18 heavy (non-hydrogen) atoms. The van der Waals surface area contributed by atoms with Crippen molar-refractivity contribution in [3.05, 3.63) is 77.9 Å². The Morgan fingerprint density at radius 1 is 1.06 bits per heavy atom. The summed E-state index contributed by atoms with van der Waals surface area (Å²) in [6, 6.07) is 18.6. The van der Waals surface area contributed by atoms with Crippen LogP contribution in [0.5, 0.6) is 0 Å². The summed E-state index contributed by atoms with van der Waals surface area (Å²) in [6.07, 6.45) is 1.85. The zero-order valence-corrected chi connectivity index (χ0v) is 10.6. The fourth-order valence-electron chi connectivity index (χ4n) is 1.74. The first kappa shape index (κ1) is 12.3. The third-order valence-corrected chi connectivity index (χ3v) is 2.91. The van der Waals surface area contributed by atoms with Crippen molar-refractivity contribution in [3.63, 3.8) is 0 Å². The Balaban J connectivity index is 2.08. The third-order valence-electron chi connectivity index (χ3n) is 2.91. The Morgan fingerprint density at radius 3 is 2.33 bits per heavy atom. The van der Waals surface area contributed by atoms with Gasteiger partial charge in [0.25, 0.3) is 0 Å². The van der Waals surface area contributed by atoms with Crippen LogP contribution in [0.4, 0.5) is 0 Å². The minimum atomic E-state index is 0.720. The summed E-state index contributed by atoms with van der Waals surface area (Å²) in [7, 11) is 0. The molecule has 0 atom stereocenters. The van der Waals surface area contributed by atoms with Gasteiger partial charge < -0.3 is 0 Å². The van der Waals surface area contributed by atoms with Crippen LogP contribution in [0.1, 0.15) is 23.6 Å². The van der Waals surface area contributed by atoms with Crippen LogP contribution in [0.25, 0.3) is 6.08 Å². The van der Waals surface area contributed by atoms with E-state index in [9.17, 15) is 0 Å². The van der Waals surface area contributed by atoms with Gasteiger partial charge in [0.1, 0.15) is 0 Å². The molecule has 90 valence electrons. The van der Waals surface area contributed by atoms with E-state index in [2.05, 4.69) is 48.0 Å². The van der Waals surface area contributed by atoms with Crippen LogP contribution in [0.3, 0.4) is 0 Å². The minimum absolute atomic E-state index is 0.720. The molecule has 0 unspecified atom stereocenters. The van der Waals surface area contributed by atoms with Crippen molar-refractivity contribution in [2.24, 2.45) is 4.99 Å². The highest BCUT2D eigenvalue weighted by molar-refractivity contribution is 5.98. The van der Waals surface area contributed by atoms with Gasteiger partial charge in [0.15, 0.2) is 0 Å². The summed E-state index contributed by atoms with van der Waals surface area (Å²) in [6.45, 7) is 6.52. The Labute approximate surface area is 109 Å². The quantitative estimate of drug-likeness (QED) is 0.699. The summed E-state index contributed by atoms with van der Waals surface area (Å²) in [5.74, 6) is 0. The molecule has 0 bridgehead atoms. The molecule has 0 radical (unpaired) electrons. The highest BCUT2D eigenvalue weighted by atomic mass is 14.7. The smallest absolute Gasteiger partial charge is 0.0643 e. The molecule has 1 heteroatoms. The lowest BCUT2D eigenvalue weighted by Gasteiger charge is -2.02. The molecular weight excluding hydrogens is 218 g/mol. The molecule has 0 aliphatic carbocycles. The Kier molecular flexibility index (Phi) is 4.08. The predicted octanol–water partition coefficient (Wildman–Crippen LogP) is 4.34. The van der Waals surface area contributed by atoms with Crippen molar-refractivity contribution in [3.8, 4) is 0 Å². The van der Waals surface area contributed by atoms with Crippen LogP contribution in [0.15, 0.2) is 66.2 Å². The standard InChI is InChI=1S/C17H17N/c1-3-15-9-11-16(12-10-15)13-18-14(2)17-7-5-4-6-8-17/h3-12H,1,13H2,2H3. The molecule has 0 saturated carbocycles. The minimum Gasteiger partial charge on any atom is -0.285 e. The van der Waals surface area contributed by atoms with E-state index in [1.54, 1.807) is 0 Å². The largest absolute Gasteiger partial charge is 0.285 e. The molecule has 0 aromatic heterocycles. The van der Waals surface area contributed by atoms with E-state index < -0.39 is 0 Å². The Hall–Kier alpha value is -2.15. The van der Waals surface area contributed by atoms with Crippen LogP contribution >= 0.6 is 0 Å². The van der Waals surface area contributed by atoms with Crippen molar-refractivity contribution in [1.82, 2.24) is 0 Å². The molecule has 0 fully saturated rings. The molecular formula is C17H17N.